The highest BCUT2D eigenvalue weighted by molar-refractivity contribution is 5.64. The minimum Gasteiger partial charge on any atom is -0.357 e. The summed E-state index contributed by atoms with van der Waals surface area (Å²) >= 11 is 0. The SMILES string of the molecule is C(=Nc1nc(N=CN(C2CCCCC2)C2CCCCC2)nc(N=CN(C2CCCCC2)C2CCCCC2)n1)N(C1CCCCC1)C1CCCCC1. The first-order valence-electron chi connectivity index (χ1n) is 22.0. The molecular formula is C42H69N9. The van der Waals surface area contributed by atoms with Gasteiger partial charge >= 0.3 is 0 Å². The summed E-state index contributed by atoms with van der Waals surface area (Å²) in [6.45, 7) is 0. The average Bonchev–Trinajstić information content (AvgIpc) is 3.21. The molecule has 0 N–H and O–H groups in total. The lowest BCUT2D eigenvalue weighted by atomic mass is 9.89. The number of nitrogens with zero attached hydrogens (tertiary/aromatic N) is 9. The van der Waals surface area contributed by atoms with E-state index in [1.54, 1.807) is 0 Å². The van der Waals surface area contributed by atoms with E-state index in [1.807, 2.05) is 0 Å². The predicted octanol–water partition coefficient (Wildman–Crippen LogP) is 10.8. The Kier molecular flexibility index (Phi) is 14.0. The van der Waals surface area contributed by atoms with Crippen LogP contribution in [0.2, 0.25) is 0 Å². The maximum absolute atomic E-state index is 5.06. The third kappa shape index (κ3) is 10.5. The van der Waals surface area contributed by atoms with Crippen molar-refractivity contribution in [3.8, 4) is 0 Å². The van der Waals surface area contributed by atoms with E-state index in [2.05, 4.69) is 33.7 Å². The Bertz CT molecular complexity index is 1030. The molecule has 0 unspecified atom stereocenters. The summed E-state index contributed by atoms with van der Waals surface area (Å²) < 4.78 is 0. The molecule has 282 valence electrons. The van der Waals surface area contributed by atoms with Crippen LogP contribution in [0, 0.1) is 0 Å². The van der Waals surface area contributed by atoms with Gasteiger partial charge in [0.15, 0.2) is 0 Å². The van der Waals surface area contributed by atoms with Gasteiger partial charge in [-0.25, -0.2) is 15.0 Å². The fourth-order valence-electron chi connectivity index (χ4n) is 10.6. The number of rotatable bonds is 12. The molecule has 0 amide bonds. The Labute approximate surface area is 309 Å². The summed E-state index contributed by atoms with van der Waals surface area (Å²) in [6, 6.07) is 3.43. The van der Waals surface area contributed by atoms with E-state index >= 15 is 0 Å². The van der Waals surface area contributed by atoms with Gasteiger partial charge in [0.2, 0.25) is 0 Å². The van der Waals surface area contributed by atoms with Gasteiger partial charge in [-0.15, -0.1) is 0 Å². The molecule has 0 bridgehead atoms. The number of aliphatic imine (C=N–C) groups is 3. The van der Waals surface area contributed by atoms with E-state index in [9.17, 15) is 0 Å². The Balaban J connectivity index is 1.19. The van der Waals surface area contributed by atoms with E-state index in [0.717, 1.165) is 0 Å². The van der Waals surface area contributed by atoms with Crippen LogP contribution in [0.25, 0.3) is 0 Å². The first-order valence-corrected chi connectivity index (χ1v) is 22.0. The molecule has 0 atom stereocenters. The molecule has 6 aliphatic rings. The maximum Gasteiger partial charge on any atom is 0.257 e. The van der Waals surface area contributed by atoms with Crippen LogP contribution < -0.4 is 0 Å². The lowest BCUT2D eigenvalue weighted by Gasteiger charge is -2.40. The summed E-state index contributed by atoms with van der Waals surface area (Å²) in [5.74, 6) is 1.35. The quantitative estimate of drug-likeness (QED) is 0.159. The second-order valence-electron chi connectivity index (χ2n) is 17.1. The van der Waals surface area contributed by atoms with Crippen LogP contribution in [0.5, 0.6) is 0 Å². The lowest BCUT2D eigenvalue weighted by Crippen LogP contribution is -2.44. The van der Waals surface area contributed by atoms with Crippen LogP contribution >= 0.6 is 0 Å². The smallest absolute Gasteiger partial charge is 0.257 e. The fraction of sp³-hybridized carbons (Fsp3) is 0.857. The second-order valence-corrected chi connectivity index (χ2v) is 17.1. The Hall–Kier alpha value is -2.58. The van der Waals surface area contributed by atoms with Crippen molar-refractivity contribution in [3.05, 3.63) is 0 Å². The largest absolute Gasteiger partial charge is 0.357 e. The first kappa shape index (κ1) is 36.8. The molecule has 1 aromatic rings. The van der Waals surface area contributed by atoms with Crippen LogP contribution in [0.1, 0.15) is 193 Å². The maximum atomic E-state index is 5.06. The molecule has 9 heteroatoms. The standard InChI is InChI=1S/C42H69N9/c1-7-19-34(20-8-1)49(35-21-9-2-10-22-35)31-43-40-46-41(44-32-50(36-23-11-3-12-24-36)37-25-13-4-14-26-37)48-42(47-40)45-33-51(38-27-15-5-16-28-38)39-29-17-6-18-30-39/h31-39H,1-30H2. The Morgan fingerprint density at radius 1 is 0.294 bits per heavy atom. The topological polar surface area (TPSA) is 85.5 Å². The van der Waals surface area contributed by atoms with Gasteiger partial charge in [0.05, 0.1) is 19.0 Å². The summed E-state index contributed by atoms with van der Waals surface area (Å²) in [4.78, 5) is 37.7. The van der Waals surface area contributed by atoms with Crippen molar-refractivity contribution in [1.29, 1.82) is 0 Å². The van der Waals surface area contributed by atoms with Crippen molar-refractivity contribution in [1.82, 2.24) is 29.7 Å². The molecule has 1 heterocycles. The van der Waals surface area contributed by atoms with Gasteiger partial charge in [-0.1, -0.05) is 116 Å². The van der Waals surface area contributed by atoms with Gasteiger partial charge in [-0.3, -0.25) is 0 Å². The molecule has 0 radical (unpaired) electrons. The summed E-state index contributed by atoms with van der Waals surface area (Å²) in [6.07, 6.45) is 45.5. The van der Waals surface area contributed by atoms with E-state index in [-0.39, 0.29) is 0 Å². The van der Waals surface area contributed by atoms with Crippen molar-refractivity contribution in [3.63, 3.8) is 0 Å². The van der Waals surface area contributed by atoms with E-state index < -0.39 is 0 Å². The number of aromatic nitrogens is 3. The van der Waals surface area contributed by atoms with E-state index in [4.69, 9.17) is 29.9 Å². The lowest BCUT2D eigenvalue weighted by molar-refractivity contribution is 0.163. The van der Waals surface area contributed by atoms with Crippen molar-refractivity contribution < 1.29 is 0 Å². The molecule has 0 aliphatic heterocycles. The third-order valence-corrected chi connectivity index (χ3v) is 13.5. The molecule has 6 aliphatic carbocycles. The zero-order valence-electron chi connectivity index (χ0n) is 31.9. The molecule has 6 fully saturated rings. The summed E-state index contributed by atoms with van der Waals surface area (Å²) in [5.41, 5.74) is 0. The van der Waals surface area contributed by atoms with Crippen molar-refractivity contribution in [2.24, 2.45) is 15.0 Å². The van der Waals surface area contributed by atoms with Gasteiger partial charge in [0.25, 0.3) is 17.8 Å². The molecule has 0 spiro atoms. The van der Waals surface area contributed by atoms with Crippen molar-refractivity contribution in [2.45, 2.75) is 229 Å². The molecule has 0 saturated heterocycles. The Morgan fingerprint density at radius 2 is 0.471 bits per heavy atom. The predicted molar refractivity (Wildman–Crippen MR) is 211 cm³/mol. The van der Waals surface area contributed by atoms with Crippen LogP contribution in [0.3, 0.4) is 0 Å². The summed E-state index contributed by atoms with van der Waals surface area (Å²) in [5, 5.41) is 0. The Morgan fingerprint density at radius 3 is 0.647 bits per heavy atom. The van der Waals surface area contributed by atoms with Crippen molar-refractivity contribution in [2.75, 3.05) is 0 Å². The zero-order valence-corrected chi connectivity index (χ0v) is 31.9. The minimum atomic E-state index is 0.449. The van der Waals surface area contributed by atoms with Crippen LogP contribution in [0.4, 0.5) is 17.8 Å². The normalized spacial score (nSPS) is 24.9. The number of hydrogen-bond donors (Lipinski definition) is 0. The molecular weight excluding hydrogens is 631 g/mol. The molecule has 6 saturated carbocycles. The van der Waals surface area contributed by atoms with Crippen LogP contribution in [-0.4, -0.2) is 84.9 Å². The highest BCUT2D eigenvalue weighted by atomic mass is 15.3. The first-order chi connectivity index (χ1) is 25.3. The summed E-state index contributed by atoms with van der Waals surface area (Å²) in [7, 11) is 0. The van der Waals surface area contributed by atoms with Gasteiger partial charge < -0.3 is 14.7 Å². The van der Waals surface area contributed by atoms with Crippen molar-refractivity contribution >= 4 is 36.9 Å². The highest BCUT2D eigenvalue weighted by Gasteiger charge is 2.30. The molecule has 1 aromatic heterocycles. The average molecular weight is 700 g/mol. The molecule has 0 aromatic carbocycles. The third-order valence-electron chi connectivity index (χ3n) is 13.5. The fourth-order valence-corrected chi connectivity index (χ4v) is 10.6. The molecule has 9 nitrogen and oxygen atoms in total. The van der Waals surface area contributed by atoms with Crippen LogP contribution in [-0.2, 0) is 0 Å². The molecule has 51 heavy (non-hydrogen) atoms. The van der Waals surface area contributed by atoms with E-state index in [1.165, 1.54) is 193 Å². The van der Waals surface area contributed by atoms with Gasteiger partial charge in [-0.2, -0.15) is 15.0 Å². The van der Waals surface area contributed by atoms with Gasteiger partial charge in [-0.05, 0) is 77.0 Å². The van der Waals surface area contributed by atoms with E-state index in [0.29, 0.717) is 54.1 Å². The van der Waals surface area contributed by atoms with Gasteiger partial charge in [0.1, 0.15) is 0 Å². The number of hydrogen-bond acceptors (Lipinski definition) is 6. The highest BCUT2D eigenvalue weighted by Crippen LogP contribution is 2.33. The molecule has 7 rings (SSSR count). The van der Waals surface area contributed by atoms with Crippen LogP contribution in [0.15, 0.2) is 15.0 Å². The second kappa shape index (κ2) is 19.5. The minimum absolute atomic E-state index is 0.449. The van der Waals surface area contributed by atoms with Gasteiger partial charge in [0, 0.05) is 36.3 Å². The monoisotopic (exact) mass is 700 g/mol. The zero-order chi connectivity index (χ0) is 34.5.